The van der Waals surface area contributed by atoms with E-state index in [1.165, 1.54) is 16.4 Å². The molecule has 0 aromatic heterocycles. The third-order valence-electron chi connectivity index (χ3n) is 6.45. The molecule has 0 saturated carbocycles. The third kappa shape index (κ3) is 3.49. The second kappa shape index (κ2) is 7.97. The Morgan fingerprint density at radius 3 is 2.44 bits per heavy atom. The number of sulfonamides is 1. The van der Waals surface area contributed by atoms with Crippen LogP contribution < -0.4 is 14.2 Å². The highest BCUT2D eigenvalue weighted by molar-refractivity contribution is 7.89. The standard InChI is InChI=1S/C23H26N2O6S/c1-15-16(2)31-22-18(15)4-3-5-19(22)23(26)24-8-10-25(11-9-24)32(27,28)17-6-7-20-21(14-17)30-13-12-29-20/h3-7,14-16H,8-13H2,1-2H3/t15-,16-/m0/s1. The second-order valence-corrected chi connectivity index (χ2v) is 10.3. The molecular weight excluding hydrogens is 432 g/mol. The molecule has 1 amide bonds. The number of carbonyl (C=O) groups excluding carboxylic acids is 1. The van der Waals surface area contributed by atoms with Crippen molar-refractivity contribution in [3.05, 3.63) is 47.5 Å². The van der Waals surface area contributed by atoms with Gasteiger partial charge in [0.25, 0.3) is 5.91 Å². The average molecular weight is 459 g/mol. The fourth-order valence-corrected chi connectivity index (χ4v) is 5.83. The molecular formula is C23H26N2O6S. The number of ether oxygens (including phenoxy) is 3. The molecule has 2 aromatic carbocycles. The number of piperazine rings is 1. The summed E-state index contributed by atoms with van der Waals surface area (Å²) in [5.74, 6) is 1.74. The Hall–Kier alpha value is -2.78. The predicted molar refractivity (Wildman–Crippen MR) is 117 cm³/mol. The molecule has 5 rings (SSSR count). The summed E-state index contributed by atoms with van der Waals surface area (Å²) in [7, 11) is -3.70. The molecule has 3 heterocycles. The fraction of sp³-hybridized carbons (Fsp3) is 0.435. The van der Waals surface area contributed by atoms with Crippen molar-refractivity contribution in [1.82, 2.24) is 9.21 Å². The van der Waals surface area contributed by atoms with E-state index in [2.05, 4.69) is 6.92 Å². The topological polar surface area (TPSA) is 85.4 Å². The number of amides is 1. The SMILES string of the molecule is C[C@@H]1Oc2c(C(=O)N3CCN(S(=O)(=O)c4ccc5c(c4)OCCO5)CC3)cccc2[C@H]1C. The number of para-hydroxylation sites is 1. The minimum absolute atomic E-state index is 0.0203. The van der Waals surface area contributed by atoms with Crippen LogP contribution in [0.1, 0.15) is 35.7 Å². The summed E-state index contributed by atoms with van der Waals surface area (Å²) in [5, 5.41) is 0. The molecule has 0 unspecified atom stereocenters. The van der Waals surface area contributed by atoms with Crippen molar-refractivity contribution < 1.29 is 27.4 Å². The van der Waals surface area contributed by atoms with E-state index >= 15 is 0 Å². The van der Waals surface area contributed by atoms with Gasteiger partial charge in [-0.2, -0.15) is 4.31 Å². The van der Waals surface area contributed by atoms with Gasteiger partial charge in [-0.15, -0.1) is 0 Å². The predicted octanol–water partition coefficient (Wildman–Crippen LogP) is 2.49. The van der Waals surface area contributed by atoms with Crippen LogP contribution in [0.2, 0.25) is 0 Å². The van der Waals surface area contributed by atoms with Crippen LogP contribution >= 0.6 is 0 Å². The summed E-state index contributed by atoms with van der Waals surface area (Å²) in [6, 6.07) is 10.3. The van der Waals surface area contributed by atoms with Crippen molar-refractivity contribution in [3.8, 4) is 17.2 Å². The molecule has 2 atom stereocenters. The van der Waals surface area contributed by atoms with E-state index in [9.17, 15) is 13.2 Å². The van der Waals surface area contributed by atoms with Gasteiger partial charge >= 0.3 is 0 Å². The zero-order valence-corrected chi connectivity index (χ0v) is 18.9. The summed E-state index contributed by atoms with van der Waals surface area (Å²) < 4.78 is 44.7. The molecule has 2 aromatic rings. The minimum atomic E-state index is -3.70. The monoisotopic (exact) mass is 458 g/mol. The van der Waals surface area contributed by atoms with Crippen LogP contribution in [0.15, 0.2) is 41.3 Å². The van der Waals surface area contributed by atoms with Crippen LogP contribution in [0.3, 0.4) is 0 Å². The summed E-state index contributed by atoms with van der Waals surface area (Å²) in [6.45, 7) is 6.02. The average Bonchev–Trinajstić information content (AvgIpc) is 3.12. The number of rotatable bonds is 3. The lowest BCUT2D eigenvalue weighted by Crippen LogP contribution is -2.50. The summed E-state index contributed by atoms with van der Waals surface area (Å²) in [4.78, 5) is 15.1. The van der Waals surface area contributed by atoms with E-state index in [-0.39, 0.29) is 35.9 Å². The van der Waals surface area contributed by atoms with Gasteiger partial charge in [-0.25, -0.2) is 8.42 Å². The van der Waals surface area contributed by atoms with Crippen molar-refractivity contribution in [2.75, 3.05) is 39.4 Å². The number of hydrogen-bond donors (Lipinski definition) is 0. The van der Waals surface area contributed by atoms with Crippen LogP contribution in [-0.4, -0.2) is 69.0 Å². The Labute approximate surface area is 187 Å². The molecule has 9 heteroatoms. The van der Waals surface area contributed by atoms with Crippen molar-refractivity contribution in [3.63, 3.8) is 0 Å². The van der Waals surface area contributed by atoms with Crippen LogP contribution in [0.4, 0.5) is 0 Å². The van der Waals surface area contributed by atoms with Crippen molar-refractivity contribution in [1.29, 1.82) is 0 Å². The summed E-state index contributed by atoms with van der Waals surface area (Å²) in [6.07, 6.45) is 0.0203. The number of nitrogens with zero attached hydrogens (tertiary/aromatic N) is 2. The maximum atomic E-state index is 13.2. The van der Waals surface area contributed by atoms with E-state index < -0.39 is 10.0 Å². The van der Waals surface area contributed by atoms with Gasteiger partial charge in [0.05, 0.1) is 10.5 Å². The van der Waals surface area contributed by atoms with Gasteiger partial charge in [-0.3, -0.25) is 4.79 Å². The lowest BCUT2D eigenvalue weighted by Gasteiger charge is -2.34. The molecule has 32 heavy (non-hydrogen) atoms. The Morgan fingerprint density at radius 1 is 0.969 bits per heavy atom. The lowest BCUT2D eigenvalue weighted by molar-refractivity contribution is 0.0692. The third-order valence-corrected chi connectivity index (χ3v) is 8.35. The summed E-state index contributed by atoms with van der Waals surface area (Å²) >= 11 is 0. The Kier molecular flexibility index (Phi) is 5.25. The van der Waals surface area contributed by atoms with Crippen molar-refractivity contribution in [2.45, 2.75) is 30.8 Å². The van der Waals surface area contributed by atoms with Crippen molar-refractivity contribution in [2.24, 2.45) is 0 Å². The molecule has 0 bridgehead atoms. The van der Waals surface area contributed by atoms with E-state index in [0.29, 0.717) is 49.1 Å². The summed E-state index contributed by atoms with van der Waals surface area (Å²) in [5.41, 5.74) is 1.59. The Balaban J connectivity index is 1.30. The van der Waals surface area contributed by atoms with Crippen molar-refractivity contribution >= 4 is 15.9 Å². The largest absolute Gasteiger partial charge is 0.489 e. The van der Waals surface area contributed by atoms with E-state index in [0.717, 1.165) is 5.56 Å². The quantitative estimate of drug-likeness (QED) is 0.703. The zero-order valence-electron chi connectivity index (χ0n) is 18.1. The molecule has 0 N–H and O–H groups in total. The molecule has 1 fully saturated rings. The highest BCUT2D eigenvalue weighted by atomic mass is 32.2. The first-order valence-corrected chi connectivity index (χ1v) is 12.3. The van der Waals surface area contributed by atoms with Gasteiger partial charge in [0.15, 0.2) is 11.5 Å². The van der Waals surface area contributed by atoms with E-state index in [1.54, 1.807) is 17.0 Å². The lowest BCUT2D eigenvalue weighted by atomic mass is 9.96. The number of fused-ring (bicyclic) bond motifs is 2. The van der Waals surface area contributed by atoms with Gasteiger partial charge in [-0.1, -0.05) is 19.1 Å². The zero-order chi connectivity index (χ0) is 22.5. The molecule has 170 valence electrons. The first kappa shape index (κ1) is 21.1. The molecule has 3 aliphatic heterocycles. The highest BCUT2D eigenvalue weighted by Gasteiger charge is 2.35. The molecule has 0 aliphatic carbocycles. The van der Waals surface area contributed by atoms with Gasteiger partial charge in [0.2, 0.25) is 10.0 Å². The van der Waals surface area contributed by atoms with Gasteiger partial charge < -0.3 is 19.1 Å². The highest BCUT2D eigenvalue weighted by Crippen LogP contribution is 2.40. The van der Waals surface area contributed by atoms with Crippen LogP contribution in [0.5, 0.6) is 17.2 Å². The normalized spacial score (nSPS) is 22.9. The number of hydrogen-bond acceptors (Lipinski definition) is 6. The second-order valence-electron chi connectivity index (χ2n) is 8.34. The first-order chi connectivity index (χ1) is 15.4. The molecule has 3 aliphatic rings. The van der Waals surface area contributed by atoms with Gasteiger partial charge in [-0.05, 0) is 25.1 Å². The maximum Gasteiger partial charge on any atom is 0.257 e. The van der Waals surface area contributed by atoms with Gasteiger partial charge in [0, 0.05) is 43.7 Å². The first-order valence-electron chi connectivity index (χ1n) is 10.8. The number of benzene rings is 2. The Morgan fingerprint density at radius 2 is 1.69 bits per heavy atom. The molecule has 1 saturated heterocycles. The molecule has 8 nitrogen and oxygen atoms in total. The number of carbonyl (C=O) groups is 1. The Bertz CT molecular complexity index is 1160. The van der Waals surface area contributed by atoms with E-state index in [1.807, 2.05) is 19.1 Å². The smallest absolute Gasteiger partial charge is 0.257 e. The van der Waals surface area contributed by atoms with Crippen LogP contribution in [-0.2, 0) is 10.0 Å². The van der Waals surface area contributed by atoms with Crippen LogP contribution in [0, 0.1) is 0 Å². The van der Waals surface area contributed by atoms with E-state index in [4.69, 9.17) is 14.2 Å². The van der Waals surface area contributed by atoms with Gasteiger partial charge in [0.1, 0.15) is 25.1 Å². The fourth-order valence-electron chi connectivity index (χ4n) is 4.39. The molecule has 0 radical (unpaired) electrons. The molecule has 0 spiro atoms. The minimum Gasteiger partial charge on any atom is -0.489 e. The van der Waals surface area contributed by atoms with Crippen LogP contribution in [0.25, 0.3) is 0 Å². The maximum absolute atomic E-state index is 13.2.